The van der Waals surface area contributed by atoms with Gasteiger partial charge in [0.15, 0.2) is 0 Å². The van der Waals surface area contributed by atoms with Crippen molar-refractivity contribution in [2.75, 3.05) is 0 Å². The zero-order valence-electron chi connectivity index (χ0n) is 11.9. The third kappa shape index (κ3) is 1.70. The summed E-state index contributed by atoms with van der Waals surface area (Å²) in [4.78, 5) is 0. The molecule has 0 bridgehead atoms. The van der Waals surface area contributed by atoms with E-state index in [2.05, 4.69) is 60.0 Å². The molecular formula is C19H19N. The first-order valence-electron chi connectivity index (χ1n) is 7.53. The number of para-hydroxylation sites is 1. The summed E-state index contributed by atoms with van der Waals surface area (Å²) in [6, 6.07) is 17.7. The first-order valence-corrected chi connectivity index (χ1v) is 7.53. The van der Waals surface area contributed by atoms with Crippen molar-refractivity contribution in [1.82, 2.24) is 4.57 Å². The summed E-state index contributed by atoms with van der Waals surface area (Å²) in [6.07, 6.45) is 5.08. The summed E-state index contributed by atoms with van der Waals surface area (Å²) >= 11 is 0. The third-order valence-corrected chi connectivity index (χ3v) is 4.44. The van der Waals surface area contributed by atoms with Gasteiger partial charge in [0.05, 0.1) is 5.52 Å². The molecule has 0 amide bonds. The van der Waals surface area contributed by atoms with Crippen LogP contribution in [-0.4, -0.2) is 4.57 Å². The number of benzene rings is 2. The van der Waals surface area contributed by atoms with Gasteiger partial charge in [0.25, 0.3) is 0 Å². The quantitative estimate of drug-likeness (QED) is 0.592. The second-order valence-corrected chi connectivity index (χ2v) is 5.82. The van der Waals surface area contributed by atoms with Gasteiger partial charge in [0, 0.05) is 16.8 Å². The van der Waals surface area contributed by atoms with Crippen LogP contribution in [0.5, 0.6) is 0 Å². The highest BCUT2D eigenvalue weighted by Gasteiger charge is 2.20. The molecule has 3 aromatic rings. The van der Waals surface area contributed by atoms with Crippen LogP contribution in [-0.2, 0) is 12.8 Å². The molecule has 1 aliphatic carbocycles. The minimum atomic E-state index is 1.21. The van der Waals surface area contributed by atoms with Crippen molar-refractivity contribution < 1.29 is 0 Å². The first kappa shape index (κ1) is 11.8. The highest BCUT2D eigenvalue weighted by molar-refractivity contribution is 5.88. The fourth-order valence-corrected chi connectivity index (χ4v) is 3.53. The molecule has 0 aliphatic heterocycles. The van der Waals surface area contributed by atoms with Gasteiger partial charge in [-0.1, -0.05) is 29.8 Å². The van der Waals surface area contributed by atoms with Gasteiger partial charge in [-0.05, 0) is 62.4 Å². The van der Waals surface area contributed by atoms with E-state index in [-0.39, 0.29) is 0 Å². The Kier molecular flexibility index (Phi) is 2.66. The van der Waals surface area contributed by atoms with Crippen molar-refractivity contribution >= 4 is 10.9 Å². The van der Waals surface area contributed by atoms with E-state index in [1.807, 2.05) is 0 Å². The summed E-state index contributed by atoms with van der Waals surface area (Å²) < 4.78 is 2.48. The maximum Gasteiger partial charge on any atom is 0.0534 e. The van der Waals surface area contributed by atoms with Crippen molar-refractivity contribution in [3.63, 3.8) is 0 Å². The molecule has 0 saturated carbocycles. The number of rotatable bonds is 1. The average molecular weight is 261 g/mol. The van der Waals surface area contributed by atoms with Gasteiger partial charge in [0.1, 0.15) is 0 Å². The molecule has 0 fully saturated rings. The van der Waals surface area contributed by atoms with Gasteiger partial charge >= 0.3 is 0 Å². The lowest BCUT2D eigenvalue weighted by Crippen LogP contribution is -2.06. The Morgan fingerprint density at radius 1 is 0.900 bits per heavy atom. The predicted molar refractivity (Wildman–Crippen MR) is 84.7 cm³/mol. The molecule has 100 valence electrons. The molecule has 0 saturated heterocycles. The van der Waals surface area contributed by atoms with Crippen molar-refractivity contribution in [2.45, 2.75) is 32.6 Å². The summed E-state index contributed by atoms with van der Waals surface area (Å²) in [5.74, 6) is 0. The van der Waals surface area contributed by atoms with Crippen LogP contribution in [0.1, 0.15) is 29.7 Å². The van der Waals surface area contributed by atoms with Crippen LogP contribution in [0.2, 0.25) is 0 Å². The minimum Gasteiger partial charge on any atom is -0.313 e. The van der Waals surface area contributed by atoms with E-state index in [4.69, 9.17) is 0 Å². The van der Waals surface area contributed by atoms with Crippen LogP contribution >= 0.6 is 0 Å². The smallest absolute Gasteiger partial charge is 0.0534 e. The monoisotopic (exact) mass is 261 g/mol. The Hall–Kier alpha value is -2.02. The number of aryl methyl sites for hydroxylation is 2. The van der Waals surface area contributed by atoms with Gasteiger partial charge in [-0.15, -0.1) is 0 Å². The van der Waals surface area contributed by atoms with Crippen LogP contribution in [0.4, 0.5) is 0 Å². The van der Waals surface area contributed by atoms with E-state index in [0.717, 1.165) is 0 Å². The summed E-state index contributed by atoms with van der Waals surface area (Å²) in [5.41, 5.74) is 7.14. The topological polar surface area (TPSA) is 4.93 Å². The van der Waals surface area contributed by atoms with Crippen molar-refractivity contribution in [1.29, 1.82) is 0 Å². The fourth-order valence-electron chi connectivity index (χ4n) is 3.53. The van der Waals surface area contributed by atoms with Gasteiger partial charge in [-0.2, -0.15) is 0 Å². The molecule has 0 unspecified atom stereocenters. The number of aromatic nitrogens is 1. The maximum atomic E-state index is 2.48. The maximum absolute atomic E-state index is 2.48. The zero-order valence-corrected chi connectivity index (χ0v) is 11.9. The molecular weight excluding hydrogens is 242 g/mol. The minimum absolute atomic E-state index is 1.21. The summed E-state index contributed by atoms with van der Waals surface area (Å²) in [6.45, 7) is 2.19. The van der Waals surface area contributed by atoms with E-state index < -0.39 is 0 Å². The summed E-state index contributed by atoms with van der Waals surface area (Å²) in [7, 11) is 0. The third-order valence-electron chi connectivity index (χ3n) is 4.44. The Bertz CT molecular complexity index is 765. The van der Waals surface area contributed by atoms with E-state index in [1.54, 1.807) is 5.56 Å². The Balaban J connectivity index is 2.09. The van der Waals surface area contributed by atoms with Crippen LogP contribution in [0, 0.1) is 6.92 Å². The second kappa shape index (κ2) is 4.52. The van der Waals surface area contributed by atoms with Crippen LogP contribution in [0.25, 0.3) is 16.6 Å². The molecule has 0 spiro atoms. The Labute approximate surface area is 119 Å². The van der Waals surface area contributed by atoms with Crippen molar-refractivity contribution in [2.24, 2.45) is 0 Å². The molecule has 1 heterocycles. The second-order valence-electron chi connectivity index (χ2n) is 5.82. The number of hydrogen-bond acceptors (Lipinski definition) is 0. The van der Waals surface area contributed by atoms with Gasteiger partial charge in [0.2, 0.25) is 0 Å². The molecule has 1 aromatic heterocycles. The van der Waals surface area contributed by atoms with Crippen molar-refractivity contribution in [3.8, 4) is 5.69 Å². The molecule has 20 heavy (non-hydrogen) atoms. The lowest BCUT2D eigenvalue weighted by Gasteiger charge is -2.16. The van der Waals surface area contributed by atoms with E-state index in [0.29, 0.717) is 0 Å². The number of hydrogen-bond donors (Lipinski definition) is 0. The average Bonchev–Trinajstić information content (AvgIpc) is 2.82. The van der Waals surface area contributed by atoms with Crippen molar-refractivity contribution in [3.05, 3.63) is 65.4 Å². The predicted octanol–water partition coefficient (Wildman–Crippen LogP) is 4.82. The standard InChI is InChI=1S/C19H19N/c1-14-11-12-19-17(13-14)16-9-5-6-10-18(16)20(19)15-7-3-2-4-8-15/h2-4,7-8,11-13H,5-6,9-10H2,1H3. The highest BCUT2D eigenvalue weighted by atomic mass is 15.0. The van der Waals surface area contributed by atoms with Crippen LogP contribution < -0.4 is 0 Å². The molecule has 2 aromatic carbocycles. The molecule has 4 rings (SSSR count). The van der Waals surface area contributed by atoms with Crippen LogP contribution in [0.3, 0.4) is 0 Å². The molecule has 1 aliphatic rings. The van der Waals surface area contributed by atoms with E-state index in [9.17, 15) is 0 Å². The Morgan fingerprint density at radius 3 is 2.55 bits per heavy atom. The summed E-state index contributed by atoms with van der Waals surface area (Å²) in [5, 5.41) is 1.46. The van der Waals surface area contributed by atoms with Crippen LogP contribution in [0.15, 0.2) is 48.5 Å². The molecule has 0 atom stereocenters. The van der Waals surface area contributed by atoms with Gasteiger partial charge in [-0.25, -0.2) is 0 Å². The zero-order chi connectivity index (χ0) is 13.5. The first-order chi connectivity index (χ1) is 9.84. The molecule has 1 heteroatoms. The molecule has 0 radical (unpaired) electrons. The molecule has 0 N–H and O–H groups in total. The largest absolute Gasteiger partial charge is 0.313 e. The van der Waals surface area contributed by atoms with E-state index >= 15 is 0 Å². The normalized spacial score (nSPS) is 14.4. The molecule has 1 nitrogen and oxygen atoms in total. The van der Waals surface area contributed by atoms with Gasteiger partial charge in [-0.3, -0.25) is 0 Å². The van der Waals surface area contributed by atoms with Gasteiger partial charge < -0.3 is 4.57 Å². The lowest BCUT2D eigenvalue weighted by atomic mass is 9.95. The lowest BCUT2D eigenvalue weighted by molar-refractivity contribution is 0.667. The van der Waals surface area contributed by atoms with E-state index in [1.165, 1.54) is 53.5 Å². The number of fused-ring (bicyclic) bond motifs is 3. The fraction of sp³-hybridized carbons (Fsp3) is 0.263. The highest BCUT2D eigenvalue weighted by Crippen LogP contribution is 2.34. The number of nitrogens with zero attached hydrogens (tertiary/aromatic N) is 1. The SMILES string of the molecule is Cc1ccc2c(c1)c1c(n2-c2ccccc2)CCCC1. The Morgan fingerprint density at radius 2 is 1.70 bits per heavy atom.